The molecule has 0 radical (unpaired) electrons. The van der Waals surface area contributed by atoms with Crippen molar-refractivity contribution in [3.8, 4) is 0 Å². The van der Waals surface area contributed by atoms with Gasteiger partial charge in [-0.1, -0.05) is 0 Å². The zero-order valence-electron chi connectivity index (χ0n) is 8.10. The van der Waals surface area contributed by atoms with Gasteiger partial charge in [-0.25, -0.2) is 0 Å². The Morgan fingerprint density at radius 3 is 2.23 bits per heavy atom. The van der Waals surface area contributed by atoms with Crippen molar-refractivity contribution in [3.63, 3.8) is 0 Å². The minimum absolute atomic E-state index is 0.269. The van der Waals surface area contributed by atoms with Crippen molar-refractivity contribution >= 4 is 0 Å². The third-order valence-electron chi connectivity index (χ3n) is 2.16. The molecular weight excluding hydrogens is 176 g/mol. The molecule has 1 heterocycles. The van der Waals surface area contributed by atoms with Crippen LogP contribution in [0.25, 0.3) is 0 Å². The van der Waals surface area contributed by atoms with Gasteiger partial charge >= 0.3 is 0 Å². The van der Waals surface area contributed by atoms with E-state index in [9.17, 15) is 5.11 Å². The van der Waals surface area contributed by atoms with E-state index in [1.807, 2.05) is 0 Å². The molecule has 0 unspecified atom stereocenters. The molecule has 1 aliphatic heterocycles. The van der Waals surface area contributed by atoms with Crippen molar-refractivity contribution in [1.29, 1.82) is 0 Å². The van der Waals surface area contributed by atoms with E-state index in [0.717, 1.165) is 0 Å². The standard InChI is InChI=1S/C8H16O5/c1-10-4-5-6(11-2)7(12-3)8(9)13-5/h5-9H,4H2,1-3H3/t5-,6-,7+,8-/m0/s1. The first-order chi connectivity index (χ1) is 6.24. The number of aliphatic hydroxyl groups excluding tert-OH is 1. The molecular formula is C8H16O5. The van der Waals surface area contributed by atoms with E-state index >= 15 is 0 Å². The van der Waals surface area contributed by atoms with Gasteiger partial charge in [-0.05, 0) is 0 Å². The molecule has 0 aromatic carbocycles. The van der Waals surface area contributed by atoms with Crippen LogP contribution in [-0.2, 0) is 18.9 Å². The molecule has 0 aromatic heterocycles. The van der Waals surface area contributed by atoms with Crippen LogP contribution >= 0.6 is 0 Å². The molecule has 0 bridgehead atoms. The highest BCUT2D eigenvalue weighted by Gasteiger charge is 2.44. The molecule has 1 aliphatic rings. The minimum atomic E-state index is -0.935. The molecule has 5 heteroatoms. The summed E-state index contributed by atoms with van der Waals surface area (Å²) >= 11 is 0. The number of aliphatic hydroxyl groups is 1. The average molecular weight is 192 g/mol. The van der Waals surface area contributed by atoms with Gasteiger partial charge in [0, 0.05) is 21.3 Å². The SMILES string of the molecule is COC[C@@H]1O[C@H](O)[C@H](OC)[C@H]1OC. The quantitative estimate of drug-likeness (QED) is 0.643. The summed E-state index contributed by atoms with van der Waals surface area (Å²) < 4.78 is 20.3. The molecule has 78 valence electrons. The van der Waals surface area contributed by atoms with Crippen molar-refractivity contribution in [2.24, 2.45) is 0 Å². The van der Waals surface area contributed by atoms with E-state index in [4.69, 9.17) is 18.9 Å². The highest BCUT2D eigenvalue weighted by Crippen LogP contribution is 2.24. The van der Waals surface area contributed by atoms with Crippen molar-refractivity contribution in [2.45, 2.75) is 24.6 Å². The number of ether oxygens (including phenoxy) is 4. The summed E-state index contributed by atoms with van der Waals surface area (Å²) in [5, 5.41) is 9.40. The first-order valence-corrected chi connectivity index (χ1v) is 4.12. The van der Waals surface area contributed by atoms with Crippen molar-refractivity contribution < 1.29 is 24.1 Å². The first kappa shape index (κ1) is 10.9. The largest absolute Gasteiger partial charge is 0.382 e. The van der Waals surface area contributed by atoms with Crippen LogP contribution in [0.15, 0.2) is 0 Å². The van der Waals surface area contributed by atoms with E-state index in [1.54, 1.807) is 14.2 Å². The number of hydrogen-bond donors (Lipinski definition) is 1. The lowest BCUT2D eigenvalue weighted by Gasteiger charge is -2.19. The Bertz CT molecular complexity index is 151. The van der Waals surface area contributed by atoms with Gasteiger partial charge in [0.25, 0.3) is 0 Å². The Kier molecular flexibility index (Phi) is 4.08. The first-order valence-electron chi connectivity index (χ1n) is 4.12. The van der Waals surface area contributed by atoms with Crippen LogP contribution in [0.1, 0.15) is 0 Å². The molecule has 13 heavy (non-hydrogen) atoms. The molecule has 1 rings (SSSR count). The fourth-order valence-corrected chi connectivity index (χ4v) is 1.54. The second-order valence-electron chi connectivity index (χ2n) is 2.92. The van der Waals surface area contributed by atoms with Crippen molar-refractivity contribution in [3.05, 3.63) is 0 Å². The second-order valence-corrected chi connectivity index (χ2v) is 2.92. The third kappa shape index (κ3) is 2.18. The molecule has 5 nitrogen and oxygen atoms in total. The van der Waals surface area contributed by atoms with Gasteiger partial charge in [-0.3, -0.25) is 0 Å². The number of rotatable bonds is 4. The van der Waals surface area contributed by atoms with E-state index in [-0.39, 0.29) is 12.2 Å². The smallest absolute Gasteiger partial charge is 0.184 e. The highest BCUT2D eigenvalue weighted by molar-refractivity contribution is 4.88. The molecule has 0 amide bonds. The maximum absolute atomic E-state index is 9.40. The molecule has 1 fully saturated rings. The van der Waals surface area contributed by atoms with Gasteiger partial charge in [0.15, 0.2) is 6.29 Å². The van der Waals surface area contributed by atoms with Crippen LogP contribution in [0.5, 0.6) is 0 Å². The highest BCUT2D eigenvalue weighted by atomic mass is 16.7. The molecule has 1 N–H and O–H groups in total. The molecule has 0 saturated carbocycles. The van der Waals surface area contributed by atoms with Gasteiger partial charge in [0.1, 0.15) is 18.3 Å². The lowest BCUT2D eigenvalue weighted by atomic mass is 10.1. The van der Waals surface area contributed by atoms with Crippen LogP contribution < -0.4 is 0 Å². The fourth-order valence-electron chi connectivity index (χ4n) is 1.54. The maximum Gasteiger partial charge on any atom is 0.184 e. The van der Waals surface area contributed by atoms with Gasteiger partial charge in [0.2, 0.25) is 0 Å². The number of hydrogen-bond acceptors (Lipinski definition) is 5. The predicted octanol–water partition coefficient (Wildman–Crippen LogP) is -0.620. The zero-order valence-corrected chi connectivity index (χ0v) is 8.10. The Hall–Kier alpha value is -0.200. The van der Waals surface area contributed by atoms with Gasteiger partial charge in [-0.15, -0.1) is 0 Å². The second kappa shape index (κ2) is 4.88. The summed E-state index contributed by atoms with van der Waals surface area (Å²) in [6.45, 7) is 0.384. The van der Waals surface area contributed by atoms with Crippen molar-refractivity contribution in [1.82, 2.24) is 0 Å². The third-order valence-corrected chi connectivity index (χ3v) is 2.16. The lowest BCUT2D eigenvalue weighted by Crippen LogP contribution is -2.37. The number of methoxy groups -OCH3 is 3. The van der Waals surface area contributed by atoms with Crippen LogP contribution in [0.4, 0.5) is 0 Å². The predicted molar refractivity (Wildman–Crippen MR) is 44.3 cm³/mol. The summed E-state index contributed by atoms with van der Waals surface area (Å²) in [5.41, 5.74) is 0. The van der Waals surface area contributed by atoms with Crippen molar-refractivity contribution in [2.75, 3.05) is 27.9 Å². The minimum Gasteiger partial charge on any atom is -0.382 e. The Balaban J connectivity index is 2.57. The van der Waals surface area contributed by atoms with Crippen LogP contribution in [0.2, 0.25) is 0 Å². The summed E-state index contributed by atoms with van der Waals surface area (Å²) in [6.07, 6.45) is -1.92. The Morgan fingerprint density at radius 2 is 1.77 bits per heavy atom. The maximum atomic E-state index is 9.40. The molecule has 0 aromatic rings. The van der Waals surface area contributed by atoms with E-state index in [2.05, 4.69) is 0 Å². The van der Waals surface area contributed by atoms with Crippen LogP contribution in [-0.4, -0.2) is 57.6 Å². The Labute approximate surface area is 77.5 Å². The molecule has 0 spiro atoms. The summed E-state index contributed by atoms with van der Waals surface area (Å²) in [7, 11) is 4.64. The van der Waals surface area contributed by atoms with E-state index < -0.39 is 12.4 Å². The summed E-state index contributed by atoms with van der Waals surface area (Å²) in [6, 6.07) is 0. The molecule has 4 atom stereocenters. The normalized spacial score (nSPS) is 39.7. The van der Waals surface area contributed by atoms with Crippen LogP contribution in [0, 0.1) is 0 Å². The lowest BCUT2D eigenvalue weighted by molar-refractivity contribution is -0.141. The van der Waals surface area contributed by atoms with E-state index in [0.29, 0.717) is 6.61 Å². The summed E-state index contributed by atoms with van der Waals surface area (Å²) in [4.78, 5) is 0. The van der Waals surface area contributed by atoms with Crippen LogP contribution in [0.3, 0.4) is 0 Å². The molecule has 0 aliphatic carbocycles. The van der Waals surface area contributed by atoms with Gasteiger partial charge in [-0.2, -0.15) is 0 Å². The topological polar surface area (TPSA) is 57.2 Å². The van der Waals surface area contributed by atoms with Gasteiger partial charge in [0.05, 0.1) is 6.61 Å². The Morgan fingerprint density at radius 1 is 1.15 bits per heavy atom. The molecule has 1 saturated heterocycles. The summed E-state index contributed by atoms with van der Waals surface area (Å²) in [5.74, 6) is 0. The monoisotopic (exact) mass is 192 g/mol. The average Bonchev–Trinajstić information content (AvgIpc) is 2.41. The van der Waals surface area contributed by atoms with E-state index in [1.165, 1.54) is 7.11 Å². The fraction of sp³-hybridized carbons (Fsp3) is 1.00. The van der Waals surface area contributed by atoms with Gasteiger partial charge < -0.3 is 24.1 Å². The zero-order chi connectivity index (χ0) is 9.84.